The van der Waals surface area contributed by atoms with Crippen LogP contribution in [0.2, 0.25) is 0 Å². The molecule has 0 saturated carbocycles. The molecule has 3 aromatic heterocycles. The third-order valence-electron chi connectivity index (χ3n) is 3.92. The molecule has 0 saturated heterocycles. The van der Waals surface area contributed by atoms with Crippen molar-refractivity contribution in [3.8, 4) is 6.01 Å². The first-order valence-electron chi connectivity index (χ1n) is 8.45. The van der Waals surface area contributed by atoms with E-state index in [1.807, 2.05) is 23.8 Å². The van der Waals surface area contributed by atoms with Gasteiger partial charge in [0.25, 0.3) is 5.56 Å². The summed E-state index contributed by atoms with van der Waals surface area (Å²) in [6.45, 7) is 3.95. The molecule has 7 nitrogen and oxygen atoms in total. The second-order valence-electron chi connectivity index (χ2n) is 5.74. The summed E-state index contributed by atoms with van der Waals surface area (Å²) in [5.41, 5.74) is 1.32. The molecule has 0 radical (unpaired) electrons. The van der Waals surface area contributed by atoms with Crippen molar-refractivity contribution in [3.63, 3.8) is 0 Å². The van der Waals surface area contributed by atoms with Gasteiger partial charge in [0.1, 0.15) is 5.39 Å². The zero-order chi connectivity index (χ0) is 18.5. The molecule has 3 heterocycles. The molecule has 0 aromatic carbocycles. The van der Waals surface area contributed by atoms with Gasteiger partial charge >= 0.3 is 11.6 Å². The first kappa shape index (κ1) is 18.1. The molecule has 3 rings (SSSR count). The van der Waals surface area contributed by atoms with E-state index in [1.54, 1.807) is 11.3 Å². The van der Waals surface area contributed by atoms with Gasteiger partial charge < -0.3 is 9.25 Å². The third kappa shape index (κ3) is 3.91. The van der Waals surface area contributed by atoms with E-state index in [-0.39, 0.29) is 17.1 Å². The average Bonchev–Trinajstić information content (AvgIpc) is 3.15. The highest BCUT2D eigenvalue weighted by atomic mass is 32.1. The molecular weight excluding hydrogens is 354 g/mol. The summed E-state index contributed by atoms with van der Waals surface area (Å²) in [6, 6.07) is 3.16. The number of aromatic amines is 1. The van der Waals surface area contributed by atoms with E-state index < -0.39 is 11.2 Å². The number of fused-ring (bicyclic) bond motifs is 1. The molecule has 0 aliphatic rings. The summed E-state index contributed by atoms with van der Waals surface area (Å²) < 4.78 is 5.06. The number of oxime groups is 1. The number of hydrogen-bond donors (Lipinski definition) is 1. The van der Waals surface area contributed by atoms with E-state index in [0.29, 0.717) is 12.0 Å². The molecular formula is C18H19N3O4S. The molecule has 0 aliphatic carbocycles. The number of aryl methyl sites for hydroxylation is 1. The zero-order valence-corrected chi connectivity index (χ0v) is 15.4. The van der Waals surface area contributed by atoms with Gasteiger partial charge in [-0.1, -0.05) is 25.4 Å². The fourth-order valence-corrected chi connectivity index (χ4v) is 3.23. The predicted octanol–water partition coefficient (Wildman–Crippen LogP) is 3.47. The van der Waals surface area contributed by atoms with Gasteiger partial charge in [0, 0.05) is 11.6 Å². The molecule has 0 amide bonds. The van der Waals surface area contributed by atoms with Crippen molar-refractivity contribution in [3.05, 3.63) is 54.8 Å². The largest absolute Gasteiger partial charge is 0.403 e. The van der Waals surface area contributed by atoms with Gasteiger partial charge in [-0.25, -0.2) is 4.79 Å². The lowest BCUT2D eigenvalue weighted by molar-refractivity contribution is 0.310. The van der Waals surface area contributed by atoms with Gasteiger partial charge in [0.15, 0.2) is 0 Å². The predicted molar refractivity (Wildman–Crippen MR) is 101 cm³/mol. The second-order valence-corrected chi connectivity index (χ2v) is 6.52. The molecule has 3 aromatic rings. The van der Waals surface area contributed by atoms with E-state index in [4.69, 9.17) is 9.25 Å². The minimum atomic E-state index is -0.552. The summed E-state index contributed by atoms with van der Waals surface area (Å²) in [6.07, 6.45) is 3.26. The van der Waals surface area contributed by atoms with Gasteiger partial charge in [-0.3, -0.25) is 9.78 Å². The van der Waals surface area contributed by atoms with Gasteiger partial charge in [-0.15, -0.1) is 0 Å². The number of H-pyrrole nitrogens is 1. The van der Waals surface area contributed by atoms with Crippen molar-refractivity contribution in [2.45, 2.75) is 39.5 Å². The van der Waals surface area contributed by atoms with E-state index in [0.717, 1.165) is 30.5 Å². The van der Waals surface area contributed by atoms with E-state index in [1.165, 1.54) is 6.07 Å². The Labute approximate surface area is 153 Å². The smallest absolute Gasteiger partial charge is 0.337 e. The van der Waals surface area contributed by atoms with Crippen LogP contribution in [-0.4, -0.2) is 15.7 Å². The summed E-state index contributed by atoms with van der Waals surface area (Å²) >= 11 is 1.57. The number of thiophene rings is 1. The molecule has 1 N–H and O–H groups in total. The Balaban J connectivity index is 1.97. The van der Waals surface area contributed by atoms with Gasteiger partial charge in [0.2, 0.25) is 5.71 Å². The number of rotatable bonds is 7. The number of nitrogens with one attached hydrogen (secondary N) is 1. The molecule has 0 atom stereocenters. The van der Waals surface area contributed by atoms with Crippen LogP contribution in [0.3, 0.4) is 0 Å². The van der Waals surface area contributed by atoms with Crippen LogP contribution in [0.1, 0.15) is 44.2 Å². The fourth-order valence-electron chi connectivity index (χ4n) is 2.57. The van der Waals surface area contributed by atoms with Crippen LogP contribution >= 0.6 is 11.3 Å². The van der Waals surface area contributed by atoms with Gasteiger partial charge in [-0.2, -0.15) is 16.3 Å². The molecule has 26 heavy (non-hydrogen) atoms. The fraction of sp³-hybridized carbons (Fsp3) is 0.333. The lowest BCUT2D eigenvalue weighted by atomic mass is 10.1. The highest BCUT2D eigenvalue weighted by Crippen LogP contribution is 2.15. The van der Waals surface area contributed by atoms with Crippen molar-refractivity contribution < 1.29 is 9.25 Å². The van der Waals surface area contributed by atoms with Crippen LogP contribution in [0.25, 0.3) is 11.1 Å². The number of hydrogen-bond acceptors (Lipinski definition) is 7. The molecule has 0 bridgehead atoms. The quantitative estimate of drug-likeness (QED) is 0.505. The van der Waals surface area contributed by atoms with Crippen molar-refractivity contribution in [2.24, 2.45) is 5.16 Å². The minimum Gasteiger partial charge on any atom is -0.403 e. The Morgan fingerprint density at radius 1 is 1.38 bits per heavy atom. The van der Waals surface area contributed by atoms with Crippen LogP contribution in [0.4, 0.5) is 0 Å². The first-order chi connectivity index (χ1) is 12.6. The van der Waals surface area contributed by atoms with Crippen LogP contribution in [0, 0.1) is 0 Å². The minimum absolute atomic E-state index is 0.0473. The lowest BCUT2D eigenvalue weighted by Gasteiger charge is -2.05. The Morgan fingerprint density at radius 3 is 2.92 bits per heavy atom. The molecule has 0 fully saturated rings. The Hall–Kier alpha value is -2.74. The number of unbranched alkanes of at least 4 members (excludes halogenated alkanes) is 1. The highest BCUT2D eigenvalue weighted by molar-refractivity contribution is 7.08. The average molecular weight is 373 g/mol. The summed E-state index contributed by atoms with van der Waals surface area (Å²) in [7, 11) is 0. The maximum atomic E-state index is 12.4. The number of nitrogens with zero attached hydrogens (tertiary/aromatic N) is 2. The maximum absolute atomic E-state index is 12.4. The van der Waals surface area contributed by atoms with Crippen LogP contribution in [0.15, 0.2) is 42.1 Å². The van der Waals surface area contributed by atoms with Crippen molar-refractivity contribution in [2.75, 3.05) is 0 Å². The monoisotopic (exact) mass is 373 g/mol. The van der Waals surface area contributed by atoms with Crippen LogP contribution in [-0.2, 0) is 6.42 Å². The van der Waals surface area contributed by atoms with E-state index >= 15 is 0 Å². The Kier molecular flexibility index (Phi) is 5.62. The Morgan fingerprint density at radius 2 is 2.23 bits per heavy atom. The molecule has 8 heteroatoms. The van der Waals surface area contributed by atoms with E-state index in [9.17, 15) is 9.59 Å². The normalized spacial score (nSPS) is 11.8. The van der Waals surface area contributed by atoms with Crippen molar-refractivity contribution in [1.82, 2.24) is 9.97 Å². The summed E-state index contributed by atoms with van der Waals surface area (Å²) in [5, 5.41) is 8.37. The zero-order valence-electron chi connectivity index (χ0n) is 14.6. The maximum Gasteiger partial charge on any atom is 0.337 e. The molecule has 0 aliphatic heterocycles. The standard InChI is InChI=1S/C18H19N3O4S/c1-3-5-6-13(12-7-8-26-10-12)21-25-18-19-16(23)15-11(4-2)9-14(22)24-17(15)20-18/h7-10H,3-6H2,1-2H3,(H,19,20,23)/b21-13+. The van der Waals surface area contributed by atoms with Crippen LogP contribution < -0.4 is 16.0 Å². The van der Waals surface area contributed by atoms with Gasteiger partial charge in [0.05, 0.1) is 5.71 Å². The van der Waals surface area contributed by atoms with Crippen LogP contribution in [0.5, 0.6) is 6.01 Å². The van der Waals surface area contributed by atoms with E-state index in [2.05, 4.69) is 22.0 Å². The summed E-state index contributed by atoms with van der Waals surface area (Å²) in [4.78, 5) is 36.0. The van der Waals surface area contributed by atoms with Gasteiger partial charge in [-0.05, 0) is 41.7 Å². The number of aromatic nitrogens is 2. The highest BCUT2D eigenvalue weighted by Gasteiger charge is 2.13. The first-order valence-corrected chi connectivity index (χ1v) is 9.40. The third-order valence-corrected chi connectivity index (χ3v) is 4.60. The SMILES string of the molecule is CCCC/C(=N\Oc1nc2oc(=O)cc(CC)c2c(=O)[nH]1)c1ccsc1. The topological polar surface area (TPSA) is 97.5 Å². The molecule has 136 valence electrons. The lowest BCUT2D eigenvalue weighted by Crippen LogP contribution is -2.14. The van der Waals surface area contributed by atoms with Crippen molar-refractivity contribution in [1.29, 1.82) is 0 Å². The molecule has 0 unspecified atom stereocenters. The second kappa shape index (κ2) is 8.09. The van der Waals surface area contributed by atoms with Crippen molar-refractivity contribution >= 4 is 28.1 Å². The molecule has 0 spiro atoms. The Bertz CT molecular complexity index is 1030. The summed E-state index contributed by atoms with van der Waals surface area (Å²) in [5.74, 6) is 0.